The number of carbonyl (C=O) groups excluding carboxylic acids is 1. The Morgan fingerprint density at radius 2 is 1.22 bits per heavy atom. The number of unbranched alkanes of at least 4 members (excludes halogenated alkanes) is 11. The van der Waals surface area contributed by atoms with Crippen molar-refractivity contribution in [3.63, 3.8) is 0 Å². The lowest BCUT2D eigenvalue weighted by Crippen LogP contribution is -2.43. The van der Waals surface area contributed by atoms with Gasteiger partial charge in [0.05, 0.1) is 13.2 Å². The van der Waals surface area contributed by atoms with Crippen LogP contribution in [0, 0.1) is 0 Å². The number of allylic oxidation sites excluding steroid dienone is 2. The molecule has 0 rings (SSSR count). The average molecular weight is 460 g/mol. The molecule has 1 atom stereocenters. The summed E-state index contributed by atoms with van der Waals surface area (Å²) in [7, 11) is 0. The van der Waals surface area contributed by atoms with E-state index in [0.717, 1.165) is 39.0 Å². The Labute approximate surface area is 195 Å². The van der Waals surface area contributed by atoms with Crippen LogP contribution in [0.4, 0.5) is 0 Å². The van der Waals surface area contributed by atoms with Crippen molar-refractivity contribution in [1.29, 1.82) is 0 Å². The van der Waals surface area contributed by atoms with Gasteiger partial charge in [0.1, 0.15) is 0 Å². The first-order valence-electron chi connectivity index (χ1n) is 12.4. The van der Waals surface area contributed by atoms with E-state index in [9.17, 15) is 14.7 Å². The molecule has 0 aliphatic heterocycles. The highest BCUT2D eigenvalue weighted by Gasteiger charge is 2.37. The van der Waals surface area contributed by atoms with Crippen LogP contribution in [0.25, 0.3) is 0 Å². The average Bonchev–Trinajstić information content (AvgIpc) is 2.77. The van der Waals surface area contributed by atoms with Crippen molar-refractivity contribution < 1.29 is 30.0 Å². The largest absolute Gasteiger partial charge is 0.479 e. The summed E-state index contributed by atoms with van der Waals surface area (Å²) < 4.78 is 0. The van der Waals surface area contributed by atoms with Crippen molar-refractivity contribution in [3.05, 3.63) is 12.2 Å². The van der Waals surface area contributed by atoms with Crippen molar-refractivity contribution in [2.75, 3.05) is 26.3 Å². The Morgan fingerprint density at radius 1 is 0.781 bits per heavy atom. The number of nitrogens with one attached hydrogen (secondary N) is 1. The van der Waals surface area contributed by atoms with Crippen LogP contribution in [0.2, 0.25) is 0 Å². The summed E-state index contributed by atoms with van der Waals surface area (Å²) in [6.07, 6.45) is 20.0. The lowest BCUT2D eigenvalue weighted by Gasteiger charge is -2.15. The molecule has 0 spiro atoms. The van der Waals surface area contributed by atoms with Gasteiger partial charge in [-0.05, 0) is 39.0 Å². The number of hydrogen-bond donors (Lipinski definition) is 5. The normalized spacial score (nSPS) is 12.9. The zero-order valence-electron chi connectivity index (χ0n) is 20.5. The predicted octanol–water partition coefficient (Wildman–Crippen LogP) is 3.99. The van der Waals surface area contributed by atoms with Gasteiger partial charge in [-0.15, -0.1) is 0 Å². The summed E-state index contributed by atoms with van der Waals surface area (Å²) in [6, 6.07) is 0. The number of carbonyl (C=O) groups is 2. The molecule has 0 saturated heterocycles. The molecule has 7 heteroatoms. The number of Topliss-reactive ketones (excluding diaryl/α,β-unsaturated/α-hetero) is 1. The Hall–Kier alpha value is -1.28. The van der Waals surface area contributed by atoms with Crippen LogP contribution in [0.15, 0.2) is 12.2 Å². The van der Waals surface area contributed by atoms with E-state index in [1.165, 1.54) is 44.9 Å². The number of carboxylic acids is 1. The van der Waals surface area contributed by atoms with Crippen LogP contribution in [0.3, 0.4) is 0 Å². The second-order valence-electron chi connectivity index (χ2n) is 8.33. The molecule has 7 nitrogen and oxygen atoms in total. The molecular formula is C25H49NO6. The molecule has 0 fully saturated rings. The Kier molecular flexibility index (Phi) is 25.0. The molecule has 1 unspecified atom stereocenters. The zero-order chi connectivity index (χ0) is 24.5. The van der Waals surface area contributed by atoms with E-state index in [1.54, 1.807) is 0 Å². The van der Waals surface area contributed by atoms with E-state index in [0.29, 0.717) is 19.5 Å². The third-order valence-corrected chi connectivity index (χ3v) is 5.20. The standard InChI is InChI=1S/C21H38O4.C4H11NO2/c1-3-4-5-6-7-8-9-10-11-12-13-14-15-16-17-18-19(22)21(2,25)20(23)24;6-3-1-5-2-4-7/h10-11,25H,3-9,12-18H2,1-2H3,(H,23,24);5-7H,1-4H2/b11-10-;. The first-order valence-corrected chi connectivity index (χ1v) is 12.4. The number of aliphatic hydroxyl groups excluding tert-OH is 2. The molecular weight excluding hydrogens is 410 g/mol. The van der Waals surface area contributed by atoms with Crippen LogP contribution in [-0.2, 0) is 9.59 Å². The molecule has 0 amide bonds. The zero-order valence-corrected chi connectivity index (χ0v) is 20.5. The Morgan fingerprint density at radius 3 is 1.66 bits per heavy atom. The maximum atomic E-state index is 11.6. The SMILES string of the molecule is CCCCCCCC/C=C\CCCCCCCC(=O)C(C)(O)C(=O)O.OCCNCCO. The number of ketones is 1. The Bertz CT molecular complexity index is 461. The van der Waals surface area contributed by atoms with Gasteiger partial charge in [-0.2, -0.15) is 0 Å². The summed E-state index contributed by atoms with van der Waals surface area (Å²) in [4.78, 5) is 22.3. The minimum absolute atomic E-state index is 0.136. The van der Waals surface area contributed by atoms with E-state index in [1.807, 2.05) is 0 Å². The molecule has 0 aromatic carbocycles. The quantitative estimate of drug-likeness (QED) is 0.0997. The van der Waals surface area contributed by atoms with Crippen LogP contribution in [0.1, 0.15) is 104 Å². The summed E-state index contributed by atoms with van der Waals surface area (Å²) in [5, 5.41) is 37.4. The highest BCUT2D eigenvalue weighted by molar-refractivity contribution is 6.05. The number of aliphatic carboxylic acids is 1. The molecule has 190 valence electrons. The van der Waals surface area contributed by atoms with Gasteiger partial charge in [0, 0.05) is 19.5 Å². The number of rotatable bonds is 21. The fourth-order valence-corrected chi connectivity index (χ4v) is 3.00. The molecule has 0 saturated carbocycles. The maximum Gasteiger partial charge on any atom is 0.343 e. The summed E-state index contributed by atoms with van der Waals surface area (Å²) >= 11 is 0. The van der Waals surface area contributed by atoms with Gasteiger partial charge >= 0.3 is 5.97 Å². The monoisotopic (exact) mass is 459 g/mol. The van der Waals surface area contributed by atoms with Crippen molar-refractivity contribution >= 4 is 11.8 Å². The molecule has 32 heavy (non-hydrogen) atoms. The second kappa shape index (κ2) is 24.4. The molecule has 5 N–H and O–H groups in total. The van der Waals surface area contributed by atoms with E-state index < -0.39 is 17.4 Å². The molecule has 0 bridgehead atoms. The third kappa shape index (κ3) is 21.9. The third-order valence-electron chi connectivity index (χ3n) is 5.20. The van der Waals surface area contributed by atoms with Crippen LogP contribution >= 0.6 is 0 Å². The summed E-state index contributed by atoms with van der Waals surface area (Å²) in [5.41, 5.74) is -2.24. The van der Waals surface area contributed by atoms with Crippen molar-refractivity contribution in [3.8, 4) is 0 Å². The first kappa shape index (κ1) is 32.9. The molecule has 0 aromatic heterocycles. The predicted molar refractivity (Wildman–Crippen MR) is 130 cm³/mol. The van der Waals surface area contributed by atoms with Gasteiger partial charge in [0.15, 0.2) is 5.78 Å². The van der Waals surface area contributed by atoms with E-state index in [-0.39, 0.29) is 19.6 Å². The van der Waals surface area contributed by atoms with Gasteiger partial charge in [0.25, 0.3) is 0 Å². The highest BCUT2D eigenvalue weighted by atomic mass is 16.4. The highest BCUT2D eigenvalue weighted by Crippen LogP contribution is 2.14. The fourth-order valence-electron chi connectivity index (χ4n) is 3.00. The smallest absolute Gasteiger partial charge is 0.343 e. The first-order chi connectivity index (χ1) is 15.3. The lowest BCUT2D eigenvalue weighted by molar-refractivity contribution is -0.163. The van der Waals surface area contributed by atoms with Gasteiger partial charge in [0.2, 0.25) is 5.60 Å². The topological polar surface area (TPSA) is 127 Å². The maximum absolute atomic E-state index is 11.6. The molecule has 0 radical (unpaired) electrons. The van der Waals surface area contributed by atoms with E-state index in [4.69, 9.17) is 15.3 Å². The van der Waals surface area contributed by atoms with Gasteiger partial charge < -0.3 is 25.7 Å². The minimum Gasteiger partial charge on any atom is -0.479 e. The summed E-state index contributed by atoms with van der Waals surface area (Å²) in [5.74, 6) is -2.07. The van der Waals surface area contributed by atoms with E-state index >= 15 is 0 Å². The number of hydrogen-bond acceptors (Lipinski definition) is 6. The van der Waals surface area contributed by atoms with Gasteiger partial charge in [-0.25, -0.2) is 4.79 Å². The van der Waals surface area contributed by atoms with Crippen molar-refractivity contribution in [1.82, 2.24) is 5.32 Å². The molecule has 0 aromatic rings. The molecule has 0 aliphatic carbocycles. The van der Waals surface area contributed by atoms with Gasteiger partial charge in [-0.3, -0.25) is 4.79 Å². The fraction of sp³-hybridized carbons (Fsp3) is 0.840. The number of aliphatic hydroxyl groups is 3. The van der Waals surface area contributed by atoms with Gasteiger partial charge in [-0.1, -0.05) is 70.4 Å². The van der Waals surface area contributed by atoms with E-state index in [2.05, 4.69) is 24.4 Å². The minimum atomic E-state index is -2.24. The van der Waals surface area contributed by atoms with Crippen LogP contribution in [-0.4, -0.2) is 64.1 Å². The Balaban J connectivity index is 0. The molecule has 0 heterocycles. The van der Waals surface area contributed by atoms with Crippen molar-refractivity contribution in [2.45, 2.75) is 109 Å². The van der Waals surface area contributed by atoms with Crippen LogP contribution in [0.5, 0.6) is 0 Å². The lowest BCUT2D eigenvalue weighted by atomic mass is 9.96. The van der Waals surface area contributed by atoms with Crippen molar-refractivity contribution in [2.24, 2.45) is 0 Å². The molecule has 0 aliphatic rings. The summed E-state index contributed by atoms with van der Waals surface area (Å²) in [6.45, 7) is 4.71. The number of carboxylic acid groups (broad SMARTS) is 1. The second-order valence-corrected chi connectivity index (χ2v) is 8.33. The van der Waals surface area contributed by atoms with Crippen LogP contribution < -0.4 is 5.32 Å².